The highest BCUT2D eigenvalue weighted by Gasteiger charge is 2.15. The lowest BCUT2D eigenvalue weighted by atomic mass is 10.1. The van der Waals surface area contributed by atoms with Crippen LogP contribution in [0.2, 0.25) is 0 Å². The molecule has 3 rings (SSSR count). The number of carboxylic acids is 1. The number of nitrogens with zero attached hydrogens (tertiary/aromatic N) is 1. The van der Waals surface area contributed by atoms with Crippen LogP contribution in [0.15, 0.2) is 30.3 Å². The molecule has 0 fully saturated rings. The number of aryl methyl sites for hydroxylation is 3. The molecule has 0 saturated carbocycles. The van der Waals surface area contributed by atoms with E-state index in [0.29, 0.717) is 18.1 Å². The number of hydrogen-bond acceptors (Lipinski definition) is 3. The molecule has 1 aromatic carbocycles. The standard InChI is InChI=1S/C17H17NO3/c1-11-5-8-15(16(18-11)17(19)20)21-10-12-6-7-13-3-2-4-14(13)9-12/h5-9H,2-4,10H2,1H3,(H,19,20). The second-order valence-corrected chi connectivity index (χ2v) is 5.35. The Balaban J connectivity index is 1.77. The quantitative estimate of drug-likeness (QED) is 0.936. The number of pyridine rings is 1. The number of hydrogen-bond donors (Lipinski definition) is 1. The van der Waals surface area contributed by atoms with Crippen LogP contribution in [0.5, 0.6) is 5.75 Å². The fourth-order valence-corrected chi connectivity index (χ4v) is 2.69. The summed E-state index contributed by atoms with van der Waals surface area (Å²) in [6.07, 6.45) is 3.49. The minimum atomic E-state index is -1.07. The third-order valence-electron chi connectivity index (χ3n) is 3.76. The van der Waals surface area contributed by atoms with E-state index in [9.17, 15) is 9.90 Å². The van der Waals surface area contributed by atoms with Crippen molar-refractivity contribution in [2.75, 3.05) is 0 Å². The molecule has 0 unspecified atom stereocenters. The molecule has 0 spiro atoms. The Kier molecular flexibility index (Phi) is 3.60. The summed E-state index contributed by atoms with van der Waals surface area (Å²) in [5, 5.41) is 9.17. The van der Waals surface area contributed by atoms with Gasteiger partial charge in [0, 0.05) is 5.69 Å². The van der Waals surface area contributed by atoms with Crippen molar-refractivity contribution in [2.24, 2.45) is 0 Å². The minimum absolute atomic E-state index is 0.0313. The van der Waals surface area contributed by atoms with Gasteiger partial charge in [-0.05, 0) is 55.0 Å². The van der Waals surface area contributed by atoms with Crippen molar-refractivity contribution in [1.82, 2.24) is 4.98 Å². The third kappa shape index (κ3) is 2.89. The van der Waals surface area contributed by atoms with Gasteiger partial charge in [0.2, 0.25) is 0 Å². The summed E-state index contributed by atoms with van der Waals surface area (Å²) in [7, 11) is 0. The normalized spacial score (nSPS) is 13.0. The van der Waals surface area contributed by atoms with Crippen LogP contribution in [0, 0.1) is 6.92 Å². The van der Waals surface area contributed by atoms with Gasteiger partial charge in [-0.2, -0.15) is 0 Å². The molecular formula is C17H17NO3. The van der Waals surface area contributed by atoms with Crippen LogP contribution in [0.1, 0.15) is 39.3 Å². The van der Waals surface area contributed by atoms with Crippen molar-refractivity contribution in [3.8, 4) is 5.75 Å². The van der Waals surface area contributed by atoms with E-state index in [4.69, 9.17) is 4.74 Å². The first kappa shape index (κ1) is 13.6. The Labute approximate surface area is 123 Å². The second-order valence-electron chi connectivity index (χ2n) is 5.35. The summed E-state index contributed by atoms with van der Waals surface area (Å²) in [4.78, 5) is 15.2. The van der Waals surface area contributed by atoms with Gasteiger partial charge < -0.3 is 9.84 Å². The van der Waals surface area contributed by atoms with E-state index in [1.807, 2.05) is 6.07 Å². The summed E-state index contributed by atoms with van der Waals surface area (Å²) in [6, 6.07) is 9.77. The van der Waals surface area contributed by atoms with Crippen molar-refractivity contribution in [3.63, 3.8) is 0 Å². The molecule has 0 saturated heterocycles. The number of carboxylic acid groups (broad SMARTS) is 1. The first-order chi connectivity index (χ1) is 10.1. The average molecular weight is 283 g/mol. The molecule has 2 aromatic rings. The van der Waals surface area contributed by atoms with Gasteiger partial charge in [0.25, 0.3) is 0 Å². The molecular weight excluding hydrogens is 266 g/mol. The van der Waals surface area contributed by atoms with E-state index in [0.717, 1.165) is 18.4 Å². The maximum absolute atomic E-state index is 11.2. The molecule has 108 valence electrons. The molecule has 0 bridgehead atoms. The van der Waals surface area contributed by atoms with Gasteiger partial charge in [0.05, 0.1) is 0 Å². The van der Waals surface area contributed by atoms with Gasteiger partial charge in [-0.15, -0.1) is 0 Å². The van der Waals surface area contributed by atoms with Crippen molar-refractivity contribution < 1.29 is 14.6 Å². The maximum atomic E-state index is 11.2. The monoisotopic (exact) mass is 283 g/mol. The zero-order chi connectivity index (χ0) is 14.8. The van der Waals surface area contributed by atoms with Crippen LogP contribution >= 0.6 is 0 Å². The lowest BCUT2D eigenvalue weighted by Crippen LogP contribution is -2.07. The highest BCUT2D eigenvalue weighted by molar-refractivity contribution is 5.88. The van der Waals surface area contributed by atoms with Crippen molar-refractivity contribution in [3.05, 3.63) is 58.4 Å². The van der Waals surface area contributed by atoms with Crippen LogP contribution in [-0.4, -0.2) is 16.1 Å². The van der Waals surface area contributed by atoms with E-state index in [-0.39, 0.29) is 5.69 Å². The van der Waals surface area contributed by atoms with E-state index >= 15 is 0 Å². The van der Waals surface area contributed by atoms with Crippen LogP contribution < -0.4 is 4.74 Å². The molecule has 0 atom stereocenters. The average Bonchev–Trinajstić information content (AvgIpc) is 2.93. The first-order valence-corrected chi connectivity index (χ1v) is 7.08. The van der Waals surface area contributed by atoms with Gasteiger partial charge in [-0.1, -0.05) is 18.2 Å². The SMILES string of the molecule is Cc1ccc(OCc2ccc3c(c2)CCC3)c(C(=O)O)n1. The molecule has 1 N–H and O–H groups in total. The van der Waals surface area contributed by atoms with Crippen LogP contribution in [0.3, 0.4) is 0 Å². The predicted molar refractivity (Wildman–Crippen MR) is 78.7 cm³/mol. The first-order valence-electron chi connectivity index (χ1n) is 7.08. The Morgan fingerprint density at radius 3 is 2.86 bits per heavy atom. The topological polar surface area (TPSA) is 59.4 Å². The van der Waals surface area contributed by atoms with E-state index in [1.54, 1.807) is 19.1 Å². The smallest absolute Gasteiger partial charge is 0.358 e. The van der Waals surface area contributed by atoms with E-state index in [1.165, 1.54) is 17.5 Å². The Bertz CT molecular complexity index is 694. The van der Waals surface area contributed by atoms with Crippen molar-refractivity contribution >= 4 is 5.97 Å². The summed E-state index contributed by atoms with van der Waals surface area (Å²) >= 11 is 0. The summed E-state index contributed by atoms with van der Waals surface area (Å²) in [5.41, 5.74) is 4.50. The van der Waals surface area contributed by atoms with Crippen LogP contribution in [0.25, 0.3) is 0 Å². The number of carbonyl (C=O) groups is 1. The van der Waals surface area contributed by atoms with Crippen molar-refractivity contribution in [2.45, 2.75) is 32.8 Å². The summed E-state index contributed by atoms with van der Waals surface area (Å²) in [6.45, 7) is 2.12. The highest BCUT2D eigenvalue weighted by atomic mass is 16.5. The van der Waals surface area contributed by atoms with E-state index in [2.05, 4.69) is 17.1 Å². The molecule has 21 heavy (non-hydrogen) atoms. The Morgan fingerprint density at radius 1 is 1.24 bits per heavy atom. The van der Waals surface area contributed by atoms with E-state index < -0.39 is 5.97 Å². The molecule has 1 aliphatic rings. The number of aromatic carboxylic acids is 1. The lowest BCUT2D eigenvalue weighted by Gasteiger charge is -2.10. The van der Waals surface area contributed by atoms with Crippen molar-refractivity contribution in [1.29, 1.82) is 0 Å². The van der Waals surface area contributed by atoms with Gasteiger partial charge in [-0.25, -0.2) is 9.78 Å². The number of benzene rings is 1. The van der Waals surface area contributed by atoms with Gasteiger partial charge in [-0.3, -0.25) is 0 Å². The minimum Gasteiger partial charge on any atom is -0.486 e. The Morgan fingerprint density at radius 2 is 2.05 bits per heavy atom. The molecule has 4 heteroatoms. The number of aromatic nitrogens is 1. The van der Waals surface area contributed by atoms with Crippen LogP contribution in [-0.2, 0) is 19.4 Å². The number of ether oxygens (including phenoxy) is 1. The molecule has 1 heterocycles. The number of rotatable bonds is 4. The summed E-state index contributed by atoms with van der Waals surface area (Å²) < 4.78 is 5.66. The summed E-state index contributed by atoms with van der Waals surface area (Å²) in [5.74, 6) is -0.753. The molecule has 0 amide bonds. The molecule has 1 aromatic heterocycles. The molecule has 0 radical (unpaired) electrons. The van der Waals surface area contributed by atoms with Crippen LogP contribution in [0.4, 0.5) is 0 Å². The highest BCUT2D eigenvalue weighted by Crippen LogP contribution is 2.24. The zero-order valence-electron chi connectivity index (χ0n) is 11.9. The fourth-order valence-electron chi connectivity index (χ4n) is 2.69. The van der Waals surface area contributed by atoms with Gasteiger partial charge in [0.1, 0.15) is 6.61 Å². The molecule has 4 nitrogen and oxygen atoms in total. The zero-order valence-corrected chi connectivity index (χ0v) is 11.9. The maximum Gasteiger partial charge on any atom is 0.358 e. The molecule has 0 aliphatic heterocycles. The second kappa shape index (κ2) is 5.56. The van der Waals surface area contributed by atoms with Gasteiger partial charge >= 0.3 is 5.97 Å². The number of fused-ring (bicyclic) bond motifs is 1. The molecule has 1 aliphatic carbocycles. The Hall–Kier alpha value is -2.36. The third-order valence-corrected chi connectivity index (χ3v) is 3.76. The fraction of sp³-hybridized carbons (Fsp3) is 0.294. The van der Waals surface area contributed by atoms with Gasteiger partial charge in [0.15, 0.2) is 11.4 Å². The lowest BCUT2D eigenvalue weighted by molar-refractivity contribution is 0.0684. The predicted octanol–water partition coefficient (Wildman–Crippen LogP) is 3.16. The largest absolute Gasteiger partial charge is 0.486 e.